The Balaban J connectivity index is 2.38. The molecule has 0 spiro atoms. The average Bonchev–Trinajstić information content (AvgIpc) is 1.89. The minimum Gasteiger partial charge on any atom is -0.390 e. The highest BCUT2D eigenvalue weighted by atomic mass is 16.5. The zero-order valence-corrected chi connectivity index (χ0v) is 5.42. The van der Waals surface area contributed by atoms with Crippen LogP contribution in [-0.2, 0) is 4.74 Å². The lowest BCUT2D eigenvalue weighted by atomic mass is 10.1. The summed E-state index contributed by atoms with van der Waals surface area (Å²) in [5.74, 6) is 0. The second-order valence-electron chi connectivity index (χ2n) is 2.28. The predicted octanol–water partition coefficient (Wildman–Crippen LogP) is 0.712. The molecule has 0 aromatic carbocycles. The zero-order valence-electron chi connectivity index (χ0n) is 5.42. The molecule has 52 valence electrons. The van der Waals surface area contributed by atoms with Gasteiger partial charge in [0.2, 0.25) is 0 Å². The molecular weight excluding hydrogens is 116 g/mol. The summed E-state index contributed by atoms with van der Waals surface area (Å²) in [4.78, 5) is 0. The standard InChI is InChI=1S/C7H12O2/c1-2-7-6(8)4-3-5-9-7/h2,6-8H,1,3-5H2/t6-,7-/m1/s1. The van der Waals surface area contributed by atoms with Crippen molar-refractivity contribution in [3.05, 3.63) is 12.7 Å². The van der Waals surface area contributed by atoms with E-state index >= 15 is 0 Å². The summed E-state index contributed by atoms with van der Waals surface area (Å²) in [6.07, 6.45) is 3.02. The van der Waals surface area contributed by atoms with Crippen molar-refractivity contribution >= 4 is 0 Å². The summed E-state index contributed by atoms with van der Waals surface area (Å²) in [6.45, 7) is 4.31. The number of aliphatic hydroxyl groups is 1. The lowest BCUT2D eigenvalue weighted by Gasteiger charge is -2.24. The van der Waals surface area contributed by atoms with Gasteiger partial charge in [0.05, 0.1) is 6.10 Å². The Morgan fingerprint density at radius 3 is 2.89 bits per heavy atom. The molecule has 0 aliphatic carbocycles. The molecule has 0 aromatic heterocycles. The Morgan fingerprint density at radius 2 is 2.44 bits per heavy atom. The Bertz CT molecular complexity index is 101. The van der Waals surface area contributed by atoms with E-state index in [1.807, 2.05) is 0 Å². The van der Waals surface area contributed by atoms with Gasteiger partial charge in [0.1, 0.15) is 6.10 Å². The first kappa shape index (κ1) is 6.78. The average molecular weight is 128 g/mol. The Labute approximate surface area is 55.1 Å². The van der Waals surface area contributed by atoms with E-state index in [1.54, 1.807) is 6.08 Å². The van der Waals surface area contributed by atoms with E-state index in [2.05, 4.69) is 6.58 Å². The van der Waals surface area contributed by atoms with E-state index in [-0.39, 0.29) is 12.2 Å². The van der Waals surface area contributed by atoms with Crippen molar-refractivity contribution in [2.75, 3.05) is 6.61 Å². The number of hydrogen-bond donors (Lipinski definition) is 1. The molecule has 1 N–H and O–H groups in total. The van der Waals surface area contributed by atoms with Crippen molar-refractivity contribution in [2.24, 2.45) is 0 Å². The first-order chi connectivity index (χ1) is 4.34. The first-order valence-electron chi connectivity index (χ1n) is 3.27. The molecule has 0 saturated carbocycles. The van der Waals surface area contributed by atoms with Crippen LogP contribution in [0, 0.1) is 0 Å². The summed E-state index contributed by atoms with van der Waals surface area (Å²) in [5.41, 5.74) is 0. The molecule has 0 aromatic rings. The van der Waals surface area contributed by atoms with Crippen LogP contribution >= 0.6 is 0 Å². The fraction of sp³-hybridized carbons (Fsp3) is 0.714. The van der Waals surface area contributed by atoms with Gasteiger partial charge in [-0.1, -0.05) is 6.08 Å². The van der Waals surface area contributed by atoms with Gasteiger partial charge in [0, 0.05) is 6.61 Å². The van der Waals surface area contributed by atoms with Gasteiger partial charge < -0.3 is 9.84 Å². The van der Waals surface area contributed by atoms with Crippen LogP contribution in [0.15, 0.2) is 12.7 Å². The van der Waals surface area contributed by atoms with Crippen LogP contribution in [-0.4, -0.2) is 23.9 Å². The molecule has 1 fully saturated rings. The van der Waals surface area contributed by atoms with Crippen molar-refractivity contribution in [1.82, 2.24) is 0 Å². The third kappa shape index (κ3) is 1.53. The van der Waals surface area contributed by atoms with E-state index in [0.29, 0.717) is 0 Å². The van der Waals surface area contributed by atoms with Gasteiger partial charge in [-0.2, -0.15) is 0 Å². The third-order valence-electron chi connectivity index (χ3n) is 1.57. The van der Waals surface area contributed by atoms with Crippen LogP contribution in [0.3, 0.4) is 0 Å². The first-order valence-corrected chi connectivity index (χ1v) is 3.27. The molecule has 1 aliphatic heterocycles. The fourth-order valence-electron chi connectivity index (χ4n) is 1.01. The monoisotopic (exact) mass is 128 g/mol. The fourth-order valence-corrected chi connectivity index (χ4v) is 1.01. The van der Waals surface area contributed by atoms with Gasteiger partial charge in [0.15, 0.2) is 0 Å². The molecule has 9 heavy (non-hydrogen) atoms. The van der Waals surface area contributed by atoms with Crippen LogP contribution in [0.25, 0.3) is 0 Å². The molecule has 2 nitrogen and oxygen atoms in total. The normalized spacial score (nSPS) is 36.1. The number of rotatable bonds is 1. The summed E-state index contributed by atoms with van der Waals surface area (Å²) < 4.78 is 5.17. The van der Waals surface area contributed by atoms with Crippen LogP contribution < -0.4 is 0 Å². The van der Waals surface area contributed by atoms with Gasteiger partial charge >= 0.3 is 0 Å². The Hall–Kier alpha value is -0.340. The van der Waals surface area contributed by atoms with Gasteiger partial charge in [-0.05, 0) is 12.8 Å². The van der Waals surface area contributed by atoms with Crippen molar-refractivity contribution in [1.29, 1.82) is 0 Å². The molecule has 1 rings (SSSR count). The van der Waals surface area contributed by atoms with E-state index in [0.717, 1.165) is 19.4 Å². The topological polar surface area (TPSA) is 29.5 Å². The maximum absolute atomic E-state index is 9.17. The molecule has 0 amide bonds. The van der Waals surface area contributed by atoms with E-state index < -0.39 is 0 Å². The summed E-state index contributed by atoms with van der Waals surface area (Å²) in [5, 5.41) is 9.17. The van der Waals surface area contributed by atoms with Gasteiger partial charge in [0.25, 0.3) is 0 Å². The van der Waals surface area contributed by atoms with Gasteiger partial charge in [-0.25, -0.2) is 0 Å². The number of ether oxygens (including phenoxy) is 1. The molecule has 0 bridgehead atoms. The molecule has 0 radical (unpaired) electrons. The number of hydrogen-bond acceptors (Lipinski definition) is 2. The Morgan fingerprint density at radius 1 is 1.67 bits per heavy atom. The highest BCUT2D eigenvalue weighted by molar-refractivity contribution is 4.87. The van der Waals surface area contributed by atoms with E-state index in [9.17, 15) is 5.11 Å². The molecule has 0 unspecified atom stereocenters. The zero-order chi connectivity index (χ0) is 6.69. The summed E-state index contributed by atoms with van der Waals surface area (Å²) in [7, 11) is 0. The predicted molar refractivity (Wildman–Crippen MR) is 35.2 cm³/mol. The molecule has 1 heterocycles. The quantitative estimate of drug-likeness (QED) is 0.527. The van der Waals surface area contributed by atoms with E-state index in [4.69, 9.17) is 4.74 Å². The van der Waals surface area contributed by atoms with Crippen molar-refractivity contribution < 1.29 is 9.84 Å². The smallest absolute Gasteiger partial charge is 0.101 e. The summed E-state index contributed by atoms with van der Waals surface area (Å²) >= 11 is 0. The minimum absolute atomic E-state index is 0.126. The van der Waals surface area contributed by atoms with Crippen LogP contribution in [0.1, 0.15) is 12.8 Å². The minimum atomic E-state index is -0.323. The Kier molecular flexibility index (Phi) is 2.25. The van der Waals surface area contributed by atoms with Crippen LogP contribution in [0.4, 0.5) is 0 Å². The van der Waals surface area contributed by atoms with Crippen LogP contribution in [0.5, 0.6) is 0 Å². The van der Waals surface area contributed by atoms with E-state index in [1.165, 1.54) is 0 Å². The SMILES string of the molecule is C=C[C@H]1OCCC[C@H]1O. The van der Waals surface area contributed by atoms with Gasteiger partial charge in [-0.15, -0.1) is 6.58 Å². The van der Waals surface area contributed by atoms with Crippen molar-refractivity contribution in [3.8, 4) is 0 Å². The summed E-state index contributed by atoms with van der Waals surface area (Å²) in [6, 6.07) is 0. The van der Waals surface area contributed by atoms with Gasteiger partial charge in [-0.3, -0.25) is 0 Å². The molecule has 1 saturated heterocycles. The maximum Gasteiger partial charge on any atom is 0.101 e. The highest BCUT2D eigenvalue weighted by Crippen LogP contribution is 2.13. The van der Waals surface area contributed by atoms with Crippen LogP contribution in [0.2, 0.25) is 0 Å². The van der Waals surface area contributed by atoms with Crippen molar-refractivity contribution in [2.45, 2.75) is 25.0 Å². The molecule has 2 heteroatoms. The molecule has 1 aliphatic rings. The third-order valence-corrected chi connectivity index (χ3v) is 1.57. The second-order valence-corrected chi connectivity index (χ2v) is 2.28. The molecular formula is C7H12O2. The second kappa shape index (κ2) is 2.99. The number of aliphatic hydroxyl groups excluding tert-OH is 1. The lowest BCUT2D eigenvalue weighted by Crippen LogP contribution is -2.31. The largest absolute Gasteiger partial charge is 0.390 e. The van der Waals surface area contributed by atoms with Crippen molar-refractivity contribution in [3.63, 3.8) is 0 Å². The highest BCUT2D eigenvalue weighted by Gasteiger charge is 2.19. The maximum atomic E-state index is 9.17. The molecule has 2 atom stereocenters. The lowest BCUT2D eigenvalue weighted by molar-refractivity contribution is -0.0481.